The Bertz CT molecular complexity index is 127. The highest BCUT2D eigenvalue weighted by molar-refractivity contribution is 4.83. The first-order chi connectivity index (χ1) is 6.13. The van der Waals surface area contributed by atoms with E-state index in [4.69, 9.17) is 0 Å². The normalized spacial score (nSPS) is 10.5. The summed E-state index contributed by atoms with van der Waals surface area (Å²) in [5.41, 5.74) is 1.09. The number of nitrogens with one attached hydrogen (secondary N) is 1. The smallest absolute Gasteiger partial charge is 0.0143 e. The molecule has 0 aromatic rings. The van der Waals surface area contributed by atoms with Crippen LogP contribution >= 0.6 is 0 Å². The van der Waals surface area contributed by atoms with Crippen LogP contribution in [0.15, 0.2) is 12.3 Å². The maximum Gasteiger partial charge on any atom is 0.0143 e. The van der Waals surface area contributed by atoms with Crippen molar-refractivity contribution in [1.29, 1.82) is 0 Å². The SMILES string of the molecule is C=C(C)NCCCCCCC(C)C. The molecule has 0 aliphatic heterocycles. The summed E-state index contributed by atoms with van der Waals surface area (Å²) in [5, 5.41) is 3.25. The summed E-state index contributed by atoms with van der Waals surface area (Å²) in [6, 6.07) is 0. The molecular formula is C12H25N. The van der Waals surface area contributed by atoms with Gasteiger partial charge in [0.2, 0.25) is 0 Å². The number of hydrogen-bond acceptors (Lipinski definition) is 1. The van der Waals surface area contributed by atoms with Gasteiger partial charge in [0.05, 0.1) is 0 Å². The lowest BCUT2D eigenvalue weighted by molar-refractivity contribution is 0.517. The van der Waals surface area contributed by atoms with E-state index in [1.54, 1.807) is 0 Å². The quantitative estimate of drug-likeness (QED) is 0.566. The van der Waals surface area contributed by atoms with E-state index in [2.05, 4.69) is 25.7 Å². The van der Waals surface area contributed by atoms with Crippen LogP contribution in [0.2, 0.25) is 0 Å². The van der Waals surface area contributed by atoms with Gasteiger partial charge in [-0.05, 0) is 19.3 Å². The van der Waals surface area contributed by atoms with Crippen LogP contribution < -0.4 is 5.32 Å². The molecule has 0 saturated heterocycles. The lowest BCUT2D eigenvalue weighted by Gasteiger charge is -2.05. The highest BCUT2D eigenvalue weighted by atomic mass is 14.9. The Labute approximate surface area is 83.6 Å². The maximum atomic E-state index is 3.80. The molecule has 0 atom stereocenters. The average Bonchev–Trinajstić information content (AvgIpc) is 2.01. The van der Waals surface area contributed by atoms with E-state index < -0.39 is 0 Å². The summed E-state index contributed by atoms with van der Waals surface area (Å²) in [6.45, 7) is 11.5. The van der Waals surface area contributed by atoms with Crippen molar-refractivity contribution >= 4 is 0 Å². The summed E-state index contributed by atoms with van der Waals surface area (Å²) in [6.07, 6.45) is 6.80. The third kappa shape index (κ3) is 11.5. The second kappa shape index (κ2) is 8.15. The highest BCUT2D eigenvalue weighted by Crippen LogP contribution is 2.08. The standard InChI is InChI=1S/C12H25N/c1-11(2)9-7-5-6-8-10-13-12(3)4/h11,13H,3,5-10H2,1-2,4H3. The summed E-state index contributed by atoms with van der Waals surface area (Å²) in [4.78, 5) is 0. The summed E-state index contributed by atoms with van der Waals surface area (Å²) >= 11 is 0. The molecular weight excluding hydrogens is 158 g/mol. The first-order valence-electron chi connectivity index (χ1n) is 5.52. The Morgan fingerprint density at radius 3 is 2.31 bits per heavy atom. The zero-order chi connectivity index (χ0) is 10.1. The molecule has 1 N–H and O–H groups in total. The van der Waals surface area contributed by atoms with Gasteiger partial charge in [0.1, 0.15) is 0 Å². The second-order valence-corrected chi connectivity index (χ2v) is 4.30. The first kappa shape index (κ1) is 12.5. The van der Waals surface area contributed by atoms with Gasteiger partial charge in [-0.1, -0.05) is 46.1 Å². The van der Waals surface area contributed by atoms with Crippen molar-refractivity contribution in [2.24, 2.45) is 5.92 Å². The van der Waals surface area contributed by atoms with Gasteiger partial charge in [-0.3, -0.25) is 0 Å². The Balaban J connectivity index is 2.96. The fourth-order valence-electron chi connectivity index (χ4n) is 1.33. The molecule has 0 aromatic carbocycles. The van der Waals surface area contributed by atoms with Gasteiger partial charge < -0.3 is 5.32 Å². The number of allylic oxidation sites excluding steroid dienone is 1. The Hall–Kier alpha value is -0.460. The third-order valence-corrected chi connectivity index (χ3v) is 2.14. The lowest BCUT2D eigenvalue weighted by Crippen LogP contribution is -2.11. The molecule has 0 radical (unpaired) electrons. The topological polar surface area (TPSA) is 12.0 Å². The molecule has 78 valence electrons. The van der Waals surface area contributed by atoms with E-state index in [0.29, 0.717) is 0 Å². The Morgan fingerprint density at radius 2 is 1.77 bits per heavy atom. The van der Waals surface area contributed by atoms with Gasteiger partial charge in [0, 0.05) is 12.2 Å². The number of rotatable bonds is 8. The van der Waals surface area contributed by atoms with Gasteiger partial charge in [-0.25, -0.2) is 0 Å². The fourth-order valence-corrected chi connectivity index (χ4v) is 1.33. The average molecular weight is 183 g/mol. The minimum absolute atomic E-state index is 0.869. The van der Waals surface area contributed by atoms with Crippen LogP contribution in [0.1, 0.15) is 52.9 Å². The molecule has 0 bridgehead atoms. The monoisotopic (exact) mass is 183 g/mol. The van der Waals surface area contributed by atoms with E-state index in [9.17, 15) is 0 Å². The number of unbranched alkanes of at least 4 members (excludes halogenated alkanes) is 3. The minimum Gasteiger partial charge on any atom is -0.389 e. The van der Waals surface area contributed by atoms with Crippen LogP contribution in [-0.4, -0.2) is 6.54 Å². The van der Waals surface area contributed by atoms with Crippen LogP contribution in [0.4, 0.5) is 0 Å². The molecule has 0 amide bonds. The van der Waals surface area contributed by atoms with Gasteiger partial charge in [0.15, 0.2) is 0 Å². The molecule has 0 unspecified atom stereocenters. The third-order valence-electron chi connectivity index (χ3n) is 2.14. The predicted molar refractivity (Wildman–Crippen MR) is 60.7 cm³/mol. The van der Waals surface area contributed by atoms with E-state index in [0.717, 1.165) is 18.2 Å². The van der Waals surface area contributed by atoms with Crippen molar-refractivity contribution < 1.29 is 0 Å². The van der Waals surface area contributed by atoms with E-state index in [1.165, 1.54) is 32.1 Å². The van der Waals surface area contributed by atoms with Crippen molar-refractivity contribution in [3.05, 3.63) is 12.3 Å². The zero-order valence-electron chi connectivity index (χ0n) is 9.53. The molecule has 0 aromatic heterocycles. The van der Waals surface area contributed by atoms with Gasteiger partial charge in [-0.2, -0.15) is 0 Å². The van der Waals surface area contributed by atoms with Crippen molar-refractivity contribution in [3.63, 3.8) is 0 Å². The molecule has 0 heterocycles. The van der Waals surface area contributed by atoms with Crippen molar-refractivity contribution in [3.8, 4) is 0 Å². The minimum atomic E-state index is 0.869. The molecule has 0 saturated carbocycles. The second-order valence-electron chi connectivity index (χ2n) is 4.30. The summed E-state index contributed by atoms with van der Waals surface area (Å²) in [7, 11) is 0. The van der Waals surface area contributed by atoms with Crippen LogP contribution in [-0.2, 0) is 0 Å². The summed E-state index contributed by atoms with van der Waals surface area (Å²) in [5.74, 6) is 0.869. The predicted octanol–water partition coefficient (Wildman–Crippen LogP) is 3.72. The van der Waals surface area contributed by atoms with Crippen LogP contribution in [0.3, 0.4) is 0 Å². The molecule has 1 heteroatoms. The zero-order valence-corrected chi connectivity index (χ0v) is 9.53. The molecule has 1 nitrogen and oxygen atoms in total. The maximum absolute atomic E-state index is 3.80. The van der Waals surface area contributed by atoms with Crippen molar-refractivity contribution in [2.75, 3.05) is 6.54 Å². The van der Waals surface area contributed by atoms with Gasteiger partial charge in [0.25, 0.3) is 0 Å². The summed E-state index contributed by atoms with van der Waals surface area (Å²) < 4.78 is 0. The van der Waals surface area contributed by atoms with Crippen LogP contribution in [0, 0.1) is 5.92 Å². The van der Waals surface area contributed by atoms with E-state index in [1.807, 2.05) is 6.92 Å². The largest absolute Gasteiger partial charge is 0.389 e. The molecule has 0 rings (SSSR count). The molecule has 0 fully saturated rings. The molecule has 0 aliphatic carbocycles. The van der Waals surface area contributed by atoms with Crippen LogP contribution in [0.25, 0.3) is 0 Å². The van der Waals surface area contributed by atoms with E-state index >= 15 is 0 Å². The van der Waals surface area contributed by atoms with Crippen molar-refractivity contribution in [2.45, 2.75) is 52.9 Å². The van der Waals surface area contributed by atoms with Crippen LogP contribution in [0.5, 0.6) is 0 Å². The van der Waals surface area contributed by atoms with E-state index in [-0.39, 0.29) is 0 Å². The first-order valence-corrected chi connectivity index (χ1v) is 5.52. The fraction of sp³-hybridized carbons (Fsp3) is 0.833. The Kier molecular flexibility index (Phi) is 7.86. The molecule has 0 spiro atoms. The molecule has 0 aliphatic rings. The lowest BCUT2D eigenvalue weighted by atomic mass is 10.0. The van der Waals surface area contributed by atoms with Gasteiger partial charge in [-0.15, -0.1) is 0 Å². The highest BCUT2D eigenvalue weighted by Gasteiger charge is 1.94. The van der Waals surface area contributed by atoms with Gasteiger partial charge >= 0.3 is 0 Å². The Morgan fingerprint density at radius 1 is 1.15 bits per heavy atom. The van der Waals surface area contributed by atoms with Crippen molar-refractivity contribution in [1.82, 2.24) is 5.32 Å². The molecule has 13 heavy (non-hydrogen) atoms. The number of hydrogen-bond donors (Lipinski definition) is 1.